The Morgan fingerprint density at radius 1 is 1.33 bits per heavy atom. The van der Waals surface area contributed by atoms with Crippen LogP contribution in [0.5, 0.6) is 0 Å². The first-order valence-corrected chi connectivity index (χ1v) is 6.32. The first-order valence-electron chi connectivity index (χ1n) is 6.32. The molecule has 0 fully saturated rings. The lowest BCUT2D eigenvalue weighted by Crippen LogP contribution is -2.24. The normalized spacial score (nSPS) is 12.6. The molecule has 1 N–H and O–H groups in total. The van der Waals surface area contributed by atoms with Gasteiger partial charge in [-0.3, -0.25) is 0 Å². The average Bonchev–Trinajstić information content (AvgIpc) is 2.85. The number of hydrogen-bond donors (Lipinski definition) is 1. The Bertz CT molecular complexity index is 507. The zero-order valence-corrected chi connectivity index (χ0v) is 11.1. The Labute approximate surface area is 107 Å². The minimum absolute atomic E-state index is 0.457. The number of nitrogens with zero attached hydrogens (tertiary/aromatic N) is 2. The summed E-state index contributed by atoms with van der Waals surface area (Å²) >= 11 is 0. The van der Waals surface area contributed by atoms with E-state index in [9.17, 15) is 0 Å². The predicted octanol–water partition coefficient (Wildman–Crippen LogP) is 2.93. The lowest BCUT2D eigenvalue weighted by atomic mass is 10.1. The van der Waals surface area contributed by atoms with Gasteiger partial charge in [0, 0.05) is 11.6 Å². The summed E-state index contributed by atoms with van der Waals surface area (Å²) in [6.45, 7) is 6.94. The summed E-state index contributed by atoms with van der Waals surface area (Å²) in [5.41, 5.74) is 2.18. The second kappa shape index (κ2) is 5.78. The van der Waals surface area contributed by atoms with Crippen molar-refractivity contribution in [3.8, 4) is 11.4 Å². The molecular weight excluding hydrogens is 226 g/mol. The second-order valence-corrected chi connectivity index (χ2v) is 4.52. The third kappa shape index (κ3) is 2.96. The third-order valence-electron chi connectivity index (χ3n) is 3.07. The van der Waals surface area contributed by atoms with E-state index in [0.29, 0.717) is 24.3 Å². The van der Waals surface area contributed by atoms with Crippen molar-refractivity contribution in [3.63, 3.8) is 0 Å². The van der Waals surface area contributed by atoms with Gasteiger partial charge in [0.2, 0.25) is 11.7 Å². The van der Waals surface area contributed by atoms with Gasteiger partial charge < -0.3 is 9.84 Å². The standard InChI is InChI=1S/C14H19N3O/c1-4-11(3)15-9-13-16-14(17-18-13)12-8-6-5-7-10(12)2/h5-8,11,15H,4,9H2,1-3H3. The van der Waals surface area contributed by atoms with Crippen molar-refractivity contribution in [3.05, 3.63) is 35.7 Å². The summed E-state index contributed by atoms with van der Waals surface area (Å²) in [6, 6.07) is 8.49. The maximum absolute atomic E-state index is 5.25. The fourth-order valence-corrected chi connectivity index (χ4v) is 1.67. The van der Waals surface area contributed by atoms with Crippen LogP contribution in [0.4, 0.5) is 0 Å². The van der Waals surface area contributed by atoms with Gasteiger partial charge in [0.15, 0.2) is 0 Å². The van der Waals surface area contributed by atoms with Gasteiger partial charge in [-0.1, -0.05) is 36.3 Å². The van der Waals surface area contributed by atoms with E-state index in [0.717, 1.165) is 17.5 Å². The Morgan fingerprint density at radius 3 is 2.83 bits per heavy atom. The monoisotopic (exact) mass is 245 g/mol. The number of benzene rings is 1. The Morgan fingerprint density at radius 2 is 2.11 bits per heavy atom. The summed E-state index contributed by atoms with van der Waals surface area (Å²) < 4.78 is 5.25. The van der Waals surface area contributed by atoms with Gasteiger partial charge in [0.25, 0.3) is 0 Å². The van der Waals surface area contributed by atoms with Crippen molar-refractivity contribution in [1.82, 2.24) is 15.5 Å². The average molecular weight is 245 g/mol. The van der Waals surface area contributed by atoms with Crippen molar-refractivity contribution in [2.24, 2.45) is 0 Å². The zero-order valence-electron chi connectivity index (χ0n) is 11.1. The van der Waals surface area contributed by atoms with Crippen molar-refractivity contribution in [2.75, 3.05) is 0 Å². The van der Waals surface area contributed by atoms with Crippen LogP contribution in [0.1, 0.15) is 31.7 Å². The summed E-state index contributed by atoms with van der Waals surface area (Å²) in [4.78, 5) is 4.41. The molecule has 2 rings (SSSR count). The highest BCUT2D eigenvalue weighted by atomic mass is 16.5. The number of aromatic nitrogens is 2. The maximum Gasteiger partial charge on any atom is 0.240 e. The van der Waals surface area contributed by atoms with Crippen LogP contribution in [0, 0.1) is 6.92 Å². The smallest absolute Gasteiger partial charge is 0.240 e. The quantitative estimate of drug-likeness (QED) is 0.880. The summed E-state index contributed by atoms with van der Waals surface area (Å²) in [7, 11) is 0. The highest BCUT2D eigenvalue weighted by Crippen LogP contribution is 2.19. The highest BCUT2D eigenvalue weighted by Gasteiger charge is 2.10. The van der Waals surface area contributed by atoms with Crippen LogP contribution in [0.2, 0.25) is 0 Å². The minimum Gasteiger partial charge on any atom is -0.338 e. The maximum atomic E-state index is 5.25. The topological polar surface area (TPSA) is 51.0 Å². The van der Waals surface area contributed by atoms with E-state index >= 15 is 0 Å². The van der Waals surface area contributed by atoms with Gasteiger partial charge in [0.1, 0.15) is 0 Å². The summed E-state index contributed by atoms with van der Waals surface area (Å²) in [5, 5.41) is 7.36. The molecule has 1 atom stereocenters. The molecule has 0 bridgehead atoms. The highest BCUT2D eigenvalue weighted by molar-refractivity contribution is 5.58. The van der Waals surface area contributed by atoms with E-state index in [-0.39, 0.29) is 0 Å². The van der Waals surface area contributed by atoms with Gasteiger partial charge in [-0.2, -0.15) is 4.98 Å². The molecule has 0 amide bonds. The molecule has 1 aromatic heterocycles. The molecular formula is C14H19N3O. The largest absolute Gasteiger partial charge is 0.338 e. The molecule has 4 heteroatoms. The van der Waals surface area contributed by atoms with Crippen molar-refractivity contribution >= 4 is 0 Å². The SMILES string of the molecule is CCC(C)NCc1nc(-c2ccccc2C)no1. The molecule has 0 radical (unpaired) electrons. The van der Waals surface area contributed by atoms with E-state index < -0.39 is 0 Å². The van der Waals surface area contributed by atoms with Gasteiger partial charge in [-0.25, -0.2) is 0 Å². The molecule has 0 spiro atoms. The molecule has 96 valence electrons. The number of nitrogens with one attached hydrogen (secondary N) is 1. The molecule has 2 aromatic rings. The van der Waals surface area contributed by atoms with Gasteiger partial charge in [-0.05, 0) is 25.8 Å². The fourth-order valence-electron chi connectivity index (χ4n) is 1.67. The number of rotatable bonds is 5. The van der Waals surface area contributed by atoms with Crippen molar-refractivity contribution in [2.45, 2.75) is 39.8 Å². The van der Waals surface area contributed by atoms with Crippen molar-refractivity contribution < 1.29 is 4.52 Å². The van der Waals surface area contributed by atoms with E-state index in [2.05, 4.69) is 29.3 Å². The van der Waals surface area contributed by atoms with Crippen LogP contribution < -0.4 is 5.32 Å². The third-order valence-corrected chi connectivity index (χ3v) is 3.07. The minimum atomic E-state index is 0.457. The molecule has 0 aliphatic rings. The summed E-state index contributed by atoms with van der Waals surface area (Å²) in [5.74, 6) is 1.29. The van der Waals surface area contributed by atoms with E-state index in [1.165, 1.54) is 0 Å². The van der Waals surface area contributed by atoms with Crippen LogP contribution in [0.15, 0.2) is 28.8 Å². The molecule has 0 saturated carbocycles. The molecule has 0 aliphatic carbocycles. The zero-order chi connectivity index (χ0) is 13.0. The molecule has 18 heavy (non-hydrogen) atoms. The van der Waals surface area contributed by atoms with E-state index in [1.807, 2.05) is 31.2 Å². The van der Waals surface area contributed by atoms with Crippen molar-refractivity contribution in [1.29, 1.82) is 0 Å². The Kier molecular flexibility index (Phi) is 4.10. The first kappa shape index (κ1) is 12.8. The number of hydrogen-bond acceptors (Lipinski definition) is 4. The van der Waals surface area contributed by atoms with Crippen LogP contribution in [0.25, 0.3) is 11.4 Å². The van der Waals surface area contributed by atoms with Crippen LogP contribution >= 0.6 is 0 Å². The second-order valence-electron chi connectivity index (χ2n) is 4.52. The van der Waals surface area contributed by atoms with Crippen LogP contribution in [-0.4, -0.2) is 16.2 Å². The number of aryl methyl sites for hydroxylation is 1. The molecule has 4 nitrogen and oxygen atoms in total. The lowest BCUT2D eigenvalue weighted by molar-refractivity contribution is 0.358. The van der Waals surface area contributed by atoms with E-state index in [1.54, 1.807) is 0 Å². The lowest BCUT2D eigenvalue weighted by Gasteiger charge is -2.07. The van der Waals surface area contributed by atoms with Crippen LogP contribution in [0.3, 0.4) is 0 Å². The molecule has 0 saturated heterocycles. The Balaban J connectivity index is 2.09. The molecule has 0 aliphatic heterocycles. The molecule has 1 unspecified atom stereocenters. The van der Waals surface area contributed by atoms with Gasteiger partial charge in [0.05, 0.1) is 6.54 Å². The molecule has 1 aromatic carbocycles. The molecule has 1 heterocycles. The fraction of sp³-hybridized carbons (Fsp3) is 0.429. The first-order chi connectivity index (χ1) is 8.70. The predicted molar refractivity (Wildman–Crippen MR) is 71.1 cm³/mol. The van der Waals surface area contributed by atoms with Gasteiger partial charge >= 0.3 is 0 Å². The van der Waals surface area contributed by atoms with Gasteiger partial charge in [-0.15, -0.1) is 0 Å². The van der Waals surface area contributed by atoms with E-state index in [4.69, 9.17) is 4.52 Å². The summed E-state index contributed by atoms with van der Waals surface area (Å²) in [6.07, 6.45) is 1.08. The van der Waals surface area contributed by atoms with Crippen LogP contribution in [-0.2, 0) is 6.54 Å². The Hall–Kier alpha value is -1.68.